The van der Waals surface area contributed by atoms with E-state index < -0.39 is 0 Å². The first-order valence-corrected chi connectivity index (χ1v) is 6.95. The molecule has 5 N–H and O–H groups in total. The van der Waals surface area contributed by atoms with Gasteiger partial charge in [0.05, 0.1) is 6.04 Å². The van der Waals surface area contributed by atoms with Crippen LogP contribution in [0, 0.1) is 0 Å². The minimum Gasteiger partial charge on any atom is -0.398 e. The van der Waals surface area contributed by atoms with Crippen LogP contribution in [0.1, 0.15) is 43.7 Å². The van der Waals surface area contributed by atoms with Gasteiger partial charge in [-0.25, -0.2) is 0 Å². The van der Waals surface area contributed by atoms with Crippen LogP contribution in [0.15, 0.2) is 18.5 Å². The maximum Gasteiger partial charge on any atom is 0.0679 e. The Morgan fingerprint density at radius 2 is 2.00 bits per heavy atom. The second-order valence-electron chi connectivity index (χ2n) is 5.66. The van der Waals surface area contributed by atoms with Crippen molar-refractivity contribution in [3.8, 4) is 0 Å². The van der Waals surface area contributed by atoms with Crippen LogP contribution < -0.4 is 17.0 Å². The zero-order valence-corrected chi connectivity index (χ0v) is 11.9. The van der Waals surface area contributed by atoms with Gasteiger partial charge in [0.15, 0.2) is 0 Å². The molecule has 1 heterocycles. The number of nitrogens with zero attached hydrogens (tertiary/aromatic N) is 2. The summed E-state index contributed by atoms with van der Waals surface area (Å²) in [5.74, 6) is 5.87. The molecule has 1 aliphatic carbocycles. The van der Waals surface area contributed by atoms with Crippen LogP contribution in [-0.2, 0) is 0 Å². The van der Waals surface area contributed by atoms with E-state index in [0.29, 0.717) is 0 Å². The first-order chi connectivity index (χ1) is 9.12. The summed E-state index contributed by atoms with van der Waals surface area (Å²) in [5, 5.41) is 0. The van der Waals surface area contributed by atoms with Gasteiger partial charge in [0.2, 0.25) is 0 Å². The number of nitrogens with one attached hydrogen (secondary N) is 1. The molecular weight excluding hydrogens is 238 g/mol. The number of hydrazine groups is 1. The zero-order valence-electron chi connectivity index (χ0n) is 11.9. The molecule has 0 saturated heterocycles. The number of hydrogen-bond acceptors (Lipinski definition) is 5. The summed E-state index contributed by atoms with van der Waals surface area (Å²) in [7, 11) is 4.25. The molecule has 106 valence electrons. The molecule has 0 amide bonds. The summed E-state index contributed by atoms with van der Waals surface area (Å²) in [6.07, 6.45) is 9.57. The summed E-state index contributed by atoms with van der Waals surface area (Å²) in [5.41, 5.74) is 10.9. The van der Waals surface area contributed by atoms with Gasteiger partial charge in [-0.15, -0.1) is 0 Å². The Morgan fingerprint density at radius 1 is 1.32 bits per heavy atom. The molecule has 0 spiro atoms. The van der Waals surface area contributed by atoms with E-state index in [-0.39, 0.29) is 11.6 Å². The van der Waals surface area contributed by atoms with Gasteiger partial charge in [-0.3, -0.25) is 16.3 Å². The number of hydrogen-bond donors (Lipinski definition) is 3. The van der Waals surface area contributed by atoms with Crippen LogP contribution in [0.4, 0.5) is 5.69 Å². The van der Waals surface area contributed by atoms with Crippen LogP contribution in [0.3, 0.4) is 0 Å². The normalized spacial score (nSPS) is 20.4. The SMILES string of the molecule is CN(C)C1(C(NN)c2cnccc2N)CCCCC1. The standard InChI is InChI=1S/C14H25N5/c1-19(2)14(7-4-3-5-8-14)13(18-16)11-10-17-9-6-12(11)15/h6,9-10,13,18H,3-5,7-8,16H2,1-2H3,(H2,15,17). The summed E-state index contributed by atoms with van der Waals surface area (Å²) in [6.45, 7) is 0. The van der Waals surface area contributed by atoms with E-state index in [0.717, 1.165) is 24.1 Å². The summed E-state index contributed by atoms with van der Waals surface area (Å²) < 4.78 is 0. The highest BCUT2D eigenvalue weighted by atomic mass is 15.3. The number of anilines is 1. The molecule has 2 rings (SSSR count). The molecule has 19 heavy (non-hydrogen) atoms. The molecule has 0 radical (unpaired) electrons. The van der Waals surface area contributed by atoms with E-state index in [9.17, 15) is 0 Å². The van der Waals surface area contributed by atoms with Crippen molar-refractivity contribution in [3.05, 3.63) is 24.0 Å². The van der Waals surface area contributed by atoms with E-state index in [2.05, 4.69) is 29.4 Å². The lowest BCUT2D eigenvalue weighted by molar-refractivity contribution is 0.0565. The smallest absolute Gasteiger partial charge is 0.0679 e. The van der Waals surface area contributed by atoms with Gasteiger partial charge in [-0.1, -0.05) is 19.3 Å². The molecule has 1 atom stereocenters. The Kier molecular flexibility index (Phi) is 4.39. The Hall–Kier alpha value is -1.17. The number of likely N-dealkylation sites (N-methyl/N-ethyl adjacent to an activating group) is 1. The molecule has 5 heteroatoms. The highest BCUT2D eigenvalue weighted by Gasteiger charge is 2.42. The molecule has 1 saturated carbocycles. The summed E-state index contributed by atoms with van der Waals surface area (Å²) in [6, 6.07) is 1.85. The number of rotatable bonds is 4. The molecule has 1 fully saturated rings. The molecule has 0 aliphatic heterocycles. The van der Waals surface area contributed by atoms with Crippen molar-refractivity contribution in [1.29, 1.82) is 0 Å². The Bertz CT molecular complexity index is 412. The Balaban J connectivity index is 2.40. The van der Waals surface area contributed by atoms with Crippen molar-refractivity contribution in [1.82, 2.24) is 15.3 Å². The van der Waals surface area contributed by atoms with E-state index in [4.69, 9.17) is 11.6 Å². The predicted molar refractivity (Wildman–Crippen MR) is 78.2 cm³/mol. The lowest BCUT2D eigenvalue weighted by Gasteiger charge is -2.48. The Morgan fingerprint density at radius 3 is 2.53 bits per heavy atom. The number of nitrogen functional groups attached to an aromatic ring is 1. The zero-order chi connectivity index (χ0) is 13.9. The maximum atomic E-state index is 6.11. The van der Waals surface area contributed by atoms with Crippen LogP contribution in [-0.4, -0.2) is 29.5 Å². The van der Waals surface area contributed by atoms with E-state index in [1.165, 1.54) is 19.3 Å². The maximum absolute atomic E-state index is 6.11. The fourth-order valence-corrected chi connectivity index (χ4v) is 3.35. The van der Waals surface area contributed by atoms with Crippen molar-refractivity contribution in [2.24, 2.45) is 5.84 Å². The van der Waals surface area contributed by atoms with Gasteiger partial charge in [0.1, 0.15) is 0 Å². The van der Waals surface area contributed by atoms with E-state index in [1.807, 2.05) is 12.3 Å². The topological polar surface area (TPSA) is 80.2 Å². The van der Waals surface area contributed by atoms with E-state index in [1.54, 1.807) is 6.20 Å². The van der Waals surface area contributed by atoms with Gasteiger partial charge in [-0.2, -0.15) is 0 Å². The van der Waals surface area contributed by atoms with Gasteiger partial charge >= 0.3 is 0 Å². The number of pyridine rings is 1. The monoisotopic (exact) mass is 263 g/mol. The van der Waals surface area contributed by atoms with Crippen LogP contribution >= 0.6 is 0 Å². The average Bonchev–Trinajstić information content (AvgIpc) is 2.42. The van der Waals surface area contributed by atoms with Crippen LogP contribution in [0.2, 0.25) is 0 Å². The van der Waals surface area contributed by atoms with Crippen molar-refractivity contribution >= 4 is 5.69 Å². The van der Waals surface area contributed by atoms with Gasteiger partial charge in [0, 0.05) is 29.2 Å². The van der Waals surface area contributed by atoms with Crippen molar-refractivity contribution in [2.45, 2.75) is 43.7 Å². The summed E-state index contributed by atoms with van der Waals surface area (Å²) in [4.78, 5) is 6.50. The summed E-state index contributed by atoms with van der Waals surface area (Å²) >= 11 is 0. The minimum absolute atomic E-state index is 0.0106. The molecule has 5 nitrogen and oxygen atoms in total. The largest absolute Gasteiger partial charge is 0.398 e. The van der Waals surface area contributed by atoms with E-state index >= 15 is 0 Å². The quantitative estimate of drug-likeness (QED) is 0.565. The third-order valence-corrected chi connectivity index (χ3v) is 4.51. The first kappa shape index (κ1) is 14.2. The van der Waals surface area contributed by atoms with Gasteiger partial charge in [0.25, 0.3) is 0 Å². The highest BCUT2D eigenvalue weighted by Crippen LogP contribution is 2.42. The van der Waals surface area contributed by atoms with Gasteiger partial charge in [-0.05, 0) is 33.0 Å². The molecule has 1 aromatic rings. The average molecular weight is 263 g/mol. The Labute approximate surface area is 115 Å². The van der Waals surface area contributed by atoms with Crippen LogP contribution in [0.5, 0.6) is 0 Å². The van der Waals surface area contributed by atoms with Crippen molar-refractivity contribution in [2.75, 3.05) is 19.8 Å². The molecule has 1 aromatic heterocycles. The second-order valence-corrected chi connectivity index (χ2v) is 5.66. The molecule has 1 aliphatic rings. The second kappa shape index (κ2) is 5.86. The molecule has 0 bridgehead atoms. The lowest BCUT2D eigenvalue weighted by atomic mass is 9.73. The van der Waals surface area contributed by atoms with Crippen molar-refractivity contribution in [3.63, 3.8) is 0 Å². The predicted octanol–water partition coefficient (Wildman–Crippen LogP) is 1.43. The fourth-order valence-electron chi connectivity index (χ4n) is 3.35. The first-order valence-electron chi connectivity index (χ1n) is 6.95. The minimum atomic E-state index is 0.0106. The fraction of sp³-hybridized carbons (Fsp3) is 0.643. The van der Waals surface area contributed by atoms with Crippen molar-refractivity contribution < 1.29 is 0 Å². The third kappa shape index (κ3) is 2.59. The molecule has 0 aromatic carbocycles. The lowest BCUT2D eigenvalue weighted by Crippen LogP contribution is -2.56. The highest BCUT2D eigenvalue weighted by molar-refractivity contribution is 5.47. The molecular formula is C14H25N5. The third-order valence-electron chi connectivity index (χ3n) is 4.51. The van der Waals surface area contributed by atoms with Gasteiger partial charge < -0.3 is 10.6 Å². The van der Waals surface area contributed by atoms with Crippen LogP contribution in [0.25, 0.3) is 0 Å². The molecule has 1 unspecified atom stereocenters. The number of nitrogens with two attached hydrogens (primary N) is 2. The number of aromatic nitrogens is 1.